The Morgan fingerprint density at radius 1 is 1.31 bits per heavy atom. The minimum atomic E-state index is 0.323. The van der Waals surface area contributed by atoms with Gasteiger partial charge >= 0.3 is 0 Å². The smallest absolute Gasteiger partial charge is 0.0646 e. The van der Waals surface area contributed by atoms with Crippen LogP contribution in [-0.4, -0.2) is 16.8 Å². The Hall–Kier alpha value is -1.13. The van der Waals surface area contributed by atoms with Crippen LogP contribution in [0.15, 0.2) is 41.1 Å². The molecule has 0 aliphatic rings. The van der Waals surface area contributed by atoms with E-state index in [-0.39, 0.29) is 0 Å². The van der Waals surface area contributed by atoms with E-state index in [0.717, 1.165) is 10.2 Å². The monoisotopic (exact) mass is 279 g/mol. The second kappa shape index (κ2) is 4.80. The number of hydrogen-bond acceptors (Lipinski definition) is 2. The number of nitrogens with one attached hydrogen (secondary N) is 1. The van der Waals surface area contributed by atoms with Crippen molar-refractivity contribution >= 4 is 15.9 Å². The lowest BCUT2D eigenvalue weighted by Gasteiger charge is -2.05. The van der Waals surface area contributed by atoms with Gasteiger partial charge in [0, 0.05) is 22.3 Å². The van der Waals surface area contributed by atoms with Crippen LogP contribution >= 0.6 is 15.9 Å². The largest absolute Gasteiger partial charge is 0.313 e. The van der Waals surface area contributed by atoms with Gasteiger partial charge in [-0.3, -0.25) is 0 Å². The van der Waals surface area contributed by atoms with Gasteiger partial charge in [-0.25, -0.2) is 4.68 Å². The van der Waals surface area contributed by atoms with Crippen LogP contribution in [0.5, 0.6) is 0 Å². The standard InChI is InChI=1S/C12H14BrN3/c1-9(14-2)10-7-15-16(8-10)12-5-3-11(13)4-6-12/h3-9,14H,1-2H3. The fraction of sp³-hybridized carbons (Fsp3) is 0.250. The minimum Gasteiger partial charge on any atom is -0.313 e. The van der Waals surface area contributed by atoms with Gasteiger partial charge in [-0.05, 0) is 38.2 Å². The average molecular weight is 280 g/mol. The summed E-state index contributed by atoms with van der Waals surface area (Å²) < 4.78 is 2.96. The summed E-state index contributed by atoms with van der Waals surface area (Å²) >= 11 is 3.42. The first-order chi connectivity index (χ1) is 7.70. The van der Waals surface area contributed by atoms with Crippen molar-refractivity contribution < 1.29 is 0 Å². The summed E-state index contributed by atoms with van der Waals surface area (Å²) in [5.74, 6) is 0. The van der Waals surface area contributed by atoms with E-state index in [1.807, 2.05) is 48.4 Å². The number of aromatic nitrogens is 2. The van der Waals surface area contributed by atoms with Crippen molar-refractivity contribution in [2.45, 2.75) is 13.0 Å². The molecular formula is C12H14BrN3. The van der Waals surface area contributed by atoms with Gasteiger partial charge in [0.05, 0.1) is 11.9 Å². The number of benzene rings is 1. The molecule has 3 nitrogen and oxygen atoms in total. The van der Waals surface area contributed by atoms with Crippen molar-refractivity contribution in [3.8, 4) is 5.69 Å². The van der Waals surface area contributed by atoms with E-state index in [1.165, 1.54) is 5.56 Å². The second-order valence-electron chi connectivity index (χ2n) is 3.71. The summed E-state index contributed by atoms with van der Waals surface area (Å²) in [5.41, 5.74) is 2.25. The molecule has 1 heterocycles. The maximum absolute atomic E-state index is 4.35. The molecule has 0 fully saturated rings. The van der Waals surface area contributed by atoms with Crippen LogP contribution in [-0.2, 0) is 0 Å². The molecule has 2 rings (SSSR count). The maximum atomic E-state index is 4.35. The van der Waals surface area contributed by atoms with Crippen LogP contribution in [0.25, 0.3) is 5.69 Å². The molecule has 0 saturated heterocycles. The third kappa shape index (κ3) is 2.33. The molecule has 0 amide bonds. The number of halogens is 1. The van der Waals surface area contributed by atoms with Crippen molar-refractivity contribution in [1.82, 2.24) is 15.1 Å². The van der Waals surface area contributed by atoms with E-state index in [1.54, 1.807) is 0 Å². The topological polar surface area (TPSA) is 29.9 Å². The predicted molar refractivity (Wildman–Crippen MR) is 68.7 cm³/mol. The van der Waals surface area contributed by atoms with E-state index in [9.17, 15) is 0 Å². The van der Waals surface area contributed by atoms with Gasteiger partial charge in [0.15, 0.2) is 0 Å². The van der Waals surface area contributed by atoms with E-state index in [0.29, 0.717) is 6.04 Å². The summed E-state index contributed by atoms with van der Waals surface area (Å²) in [6, 6.07) is 8.41. The molecule has 1 N–H and O–H groups in total. The number of hydrogen-bond donors (Lipinski definition) is 1. The van der Waals surface area contributed by atoms with Crippen molar-refractivity contribution in [2.24, 2.45) is 0 Å². The Labute approximate surface area is 104 Å². The molecule has 0 aliphatic heterocycles. The summed E-state index contributed by atoms with van der Waals surface area (Å²) in [6.45, 7) is 2.11. The first kappa shape index (κ1) is 11.4. The number of rotatable bonds is 3. The van der Waals surface area contributed by atoms with Crippen molar-refractivity contribution in [2.75, 3.05) is 7.05 Å². The molecule has 1 atom stereocenters. The summed E-state index contributed by atoms with van der Waals surface area (Å²) in [7, 11) is 1.95. The van der Waals surface area contributed by atoms with Crippen LogP contribution in [0.2, 0.25) is 0 Å². The van der Waals surface area contributed by atoms with E-state index >= 15 is 0 Å². The van der Waals surface area contributed by atoms with Crippen molar-refractivity contribution in [1.29, 1.82) is 0 Å². The van der Waals surface area contributed by atoms with Gasteiger partial charge in [-0.1, -0.05) is 15.9 Å². The molecule has 1 unspecified atom stereocenters. The molecule has 1 aromatic heterocycles. The fourth-order valence-electron chi connectivity index (χ4n) is 1.46. The lowest BCUT2D eigenvalue weighted by Crippen LogP contribution is -2.11. The van der Waals surface area contributed by atoms with Crippen LogP contribution in [0, 0.1) is 0 Å². The molecule has 0 spiro atoms. The van der Waals surface area contributed by atoms with Crippen LogP contribution < -0.4 is 5.32 Å². The fourth-order valence-corrected chi connectivity index (χ4v) is 1.73. The molecule has 0 aliphatic carbocycles. The molecule has 84 valence electrons. The normalized spacial score (nSPS) is 12.7. The van der Waals surface area contributed by atoms with Crippen molar-refractivity contribution in [3.05, 3.63) is 46.7 Å². The zero-order valence-electron chi connectivity index (χ0n) is 9.31. The molecule has 2 aromatic rings. The molecule has 0 radical (unpaired) electrons. The third-order valence-corrected chi connectivity index (χ3v) is 3.16. The molecule has 4 heteroatoms. The molecule has 16 heavy (non-hydrogen) atoms. The Morgan fingerprint density at radius 3 is 2.62 bits per heavy atom. The van der Waals surface area contributed by atoms with Crippen LogP contribution in [0.1, 0.15) is 18.5 Å². The van der Waals surface area contributed by atoms with E-state index < -0.39 is 0 Å². The predicted octanol–water partition coefficient (Wildman–Crippen LogP) is 2.92. The SMILES string of the molecule is CNC(C)c1cnn(-c2ccc(Br)cc2)c1. The maximum Gasteiger partial charge on any atom is 0.0646 e. The highest BCUT2D eigenvalue weighted by atomic mass is 79.9. The van der Waals surface area contributed by atoms with Gasteiger partial charge in [0.2, 0.25) is 0 Å². The minimum absolute atomic E-state index is 0.323. The first-order valence-corrected chi connectivity index (χ1v) is 5.98. The Kier molecular flexibility index (Phi) is 3.41. The number of nitrogens with zero attached hydrogens (tertiary/aromatic N) is 2. The highest BCUT2D eigenvalue weighted by Crippen LogP contribution is 2.16. The third-order valence-electron chi connectivity index (χ3n) is 2.63. The Bertz CT molecular complexity index is 461. The van der Waals surface area contributed by atoms with Gasteiger partial charge in [0.1, 0.15) is 0 Å². The van der Waals surface area contributed by atoms with E-state index in [2.05, 4.69) is 33.3 Å². The zero-order chi connectivity index (χ0) is 11.5. The summed E-state index contributed by atoms with van der Waals surface area (Å²) in [6.07, 6.45) is 3.94. The van der Waals surface area contributed by atoms with Crippen LogP contribution in [0.4, 0.5) is 0 Å². The zero-order valence-corrected chi connectivity index (χ0v) is 10.9. The van der Waals surface area contributed by atoms with Gasteiger partial charge in [0.25, 0.3) is 0 Å². The lowest BCUT2D eigenvalue weighted by atomic mass is 10.2. The van der Waals surface area contributed by atoms with E-state index in [4.69, 9.17) is 0 Å². The summed E-state index contributed by atoms with van der Waals surface area (Å²) in [4.78, 5) is 0. The van der Waals surface area contributed by atoms with Gasteiger partial charge in [-0.2, -0.15) is 5.10 Å². The van der Waals surface area contributed by atoms with Gasteiger partial charge in [-0.15, -0.1) is 0 Å². The molecule has 0 saturated carbocycles. The molecule has 0 bridgehead atoms. The van der Waals surface area contributed by atoms with Gasteiger partial charge < -0.3 is 5.32 Å². The molecule has 1 aromatic carbocycles. The highest BCUT2D eigenvalue weighted by molar-refractivity contribution is 9.10. The van der Waals surface area contributed by atoms with Crippen LogP contribution in [0.3, 0.4) is 0 Å². The quantitative estimate of drug-likeness (QED) is 0.936. The summed E-state index contributed by atoms with van der Waals surface area (Å²) in [5, 5.41) is 7.54. The molecular weight excluding hydrogens is 266 g/mol. The first-order valence-electron chi connectivity index (χ1n) is 5.18. The van der Waals surface area contributed by atoms with Crippen molar-refractivity contribution in [3.63, 3.8) is 0 Å². The Morgan fingerprint density at radius 2 is 2.00 bits per heavy atom. The Balaban J connectivity index is 2.28. The highest BCUT2D eigenvalue weighted by Gasteiger charge is 2.06. The lowest BCUT2D eigenvalue weighted by molar-refractivity contribution is 0.652. The average Bonchev–Trinajstić information content (AvgIpc) is 2.78. The second-order valence-corrected chi connectivity index (χ2v) is 4.62.